The van der Waals surface area contributed by atoms with Crippen molar-refractivity contribution in [3.63, 3.8) is 0 Å². The fourth-order valence-electron chi connectivity index (χ4n) is 4.86. The van der Waals surface area contributed by atoms with Gasteiger partial charge in [-0.25, -0.2) is 19.0 Å². The molecule has 0 amide bonds. The van der Waals surface area contributed by atoms with Gasteiger partial charge < -0.3 is 19.6 Å². The maximum Gasteiger partial charge on any atom is 0.350 e. The van der Waals surface area contributed by atoms with Crippen LogP contribution in [-0.2, 0) is 0 Å². The second-order valence-electron chi connectivity index (χ2n) is 9.25. The molecule has 1 fully saturated rings. The van der Waals surface area contributed by atoms with Crippen LogP contribution in [0.1, 0.15) is 31.1 Å². The van der Waals surface area contributed by atoms with E-state index in [1.165, 1.54) is 15.6 Å². The van der Waals surface area contributed by atoms with Gasteiger partial charge in [-0.15, -0.1) is 0 Å². The van der Waals surface area contributed by atoms with Gasteiger partial charge in [0.15, 0.2) is 0 Å². The van der Waals surface area contributed by atoms with Crippen LogP contribution in [0.2, 0.25) is 5.02 Å². The lowest BCUT2D eigenvalue weighted by atomic mass is 10.0. The molecule has 0 saturated carbocycles. The number of aliphatic hydroxyl groups excluding tert-OH is 1. The highest BCUT2D eigenvalue weighted by molar-refractivity contribution is 6.30. The van der Waals surface area contributed by atoms with Gasteiger partial charge in [-0.05, 0) is 54.4 Å². The average molecular weight is 535 g/mol. The normalized spacial score (nSPS) is 15.4. The first kappa shape index (κ1) is 25.8. The molecule has 10 heteroatoms. The second kappa shape index (κ2) is 11.3. The molecule has 1 aliphatic heterocycles. The van der Waals surface area contributed by atoms with Crippen molar-refractivity contribution in [2.75, 3.05) is 43.1 Å². The van der Waals surface area contributed by atoms with E-state index < -0.39 is 12.1 Å². The summed E-state index contributed by atoms with van der Waals surface area (Å²) in [6, 6.07) is 18.3. The van der Waals surface area contributed by atoms with Gasteiger partial charge in [-0.1, -0.05) is 30.7 Å². The molecule has 0 radical (unpaired) electrons. The molecule has 2 aromatic carbocycles. The molecular weight excluding hydrogens is 504 g/mol. The number of hydrogen-bond donors (Lipinski definition) is 1. The zero-order valence-electron chi connectivity index (χ0n) is 21.4. The van der Waals surface area contributed by atoms with Gasteiger partial charge in [-0.2, -0.15) is 5.10 Å². The standard InChI is InChI=1S/C28H31ClN6O3/c1-3-25(27(36)20-4-6-21(29)7-5-20)35-28(37)34(19-31-35)23-10-8-22(9-11-23)32-14-16-33(17-15-32)24-12-13-26(38-2)30-18-24/h4-13,18-19,25,27,36H,3,14-17H2,1-2H3. The van der Waals surface area contributed by atoms with Crippen molar-refractivity contribution in [2.24, 2.45) is 0 Å². The number of ether oxygens (including phenoxy) is 1. The molecule has 2 aromatic heterocycles. The number of halogens is 1. The van der Waals surface area contributed by atoms with Crippen LogP contribution in [0.5, 0.6) is 5.88 Å². The molecule has 2 unspecified atom stereocenters. The lowest BCUT2D eigenvalue weighted by Crippen LogP contribution is -2.46. The SMILES string of the molecule is CCC(C(O)c1ccc(Cl)cc1)n1ncn(-c2ccc(N3CCN(c4ccc(OC)nc4)CC3)cc2)c1=O. The highest BCUT2D eigenvalue weighted by Crippen LogP contribution is 2.29. The van der Waals surface area contributed by atoms with E-state index in [-0.39, 0.29) is 5.69 Å². The molecule has 5 rings (SSSR count). The monoisotopic (exact) mass is 534 g/mol. The number of aliphatic hydroxyl groups is 1. The van der Waals surface area contributed by atoms with E-state index in [0.717, 1.165) is 43.2 Å². The van der Waals surface area contributed by atoms with Crippen molar-refractivity contribution in [1.82, 2.24) is 19.3 Å². The number of pyridine rings is 1. The van der Waals surface area contributed by atoms with Crippen LogP contribution in [-0.4, -0.2) is 57.7 Å². The molecule has 1 N–H and O–H groups in total. The number of methoxy groups -OCH3 is 1. The molecule has 1 aliphatic rings. The Morgan fingerprint density at radius 1 is 0.921 bits per heavy atom. The zero-order valence-corrected chi connectivity index (χ0v) is 22.2. The fourth-order valence-corrected chi connectivity index (χ4v) is 4.99. The topological polar surface area (TPSA) is 88.7 Å². The van der Waals surface area contributed by atoms with Crippen LogP contribution < -0.4 is 20.2 Å². The number of hydrogen-bond acceptors (Lipinski definition) is 7. The minimum atomic E-state index is -0.881. The van der Waals surface area contributed by atoms with Crippen molar-refractivity contribution >= 4 is 23.0 Å². The molecule has 198 valence electrons. The molecule has 4 aromatic rings. The van der Waals surface area contributed by atoms with Crippen LogP contribution in [0, 0.1) is 0 Å². The zero-order chi connectivity index (χ0) is 26.6. The highest BCUT2D eigenvalue weighted by Gasteiger charge is 2.25. The first-order valence-corrected chi connectivity index (χ1v) is 13.1. The minimum Gasteiger partial charge on any atom is -0.481 e. The van der Waals surface area contributed by atoms with Gasteiger partial charge >= 0.3 is 5.69 Å². The maximum atomic E-state index is 13.3. The quantitative estimate of drug-likeness (QED) is 0.364. The van der Waals surface area contributed by atoms with Crippen molar-refractivity contribution in [3.05, 3.63) is 94.3 Å². The Kier molecular flexibility index (Phi) is 7.67. The molecule has 38 heavy (non-hydrogen) atoms. The Balaban J connectivity index is 1.26. The summed E-state index contributed by atoms with van der Waals surface area (Å²) in [6.07, 6.45) is 3.01. The number of nitrogens with zero attached hydrogens (tertiary/aromatic N) is 6. The molecule has 0 spiro atoms. The third-order valence-corrected chi connectivity index (χ3v) is 7.32. The third kappa shape index (κ3) is 5.25. The number of benzene rings is 2. The second-order valence-corrected chi connectivity index (χ2v) is 9.69. The molecular formula is C28H31ClN6O3. The van der Waals surface area contributed by atoms with Gasteiger partial charge in [0.05, 0.1) is 30.7 Å². The van der Waals surface area contributed by atoms with Crippen LogP contribution >= 0.6 is 11.6 Å². The summed E-state index contributed by atoms with van der Waals surface area (Å²) < 4.78 is 8.02. The predicted molar refractivity (Wildman–Crippen MR) is 149 cm³/mol. The summed E-state index contributed by atoms with van der Waals surface area (Å²) in [6.45, 7) is 5.45. The Hall–Kier alpha value is -3.82. The first-order chi connectivity index (χ1) is 18.5. The van der Waals surface area contributed by atoms with Gasteiger partial charge in [0.25, 0.3) is 0 Å². The molecule has 3 heterocycles. The number of anilines is 2. The molecule has 0 bridgehead atoms. The first-order valence-electron chi connectivity index (χ1n) is 12.7. The van der Waals surface area contributed by atoms with E-state index in [2.05, 4.69) is 19.9 Å². The van der Waals surface area contributed by atoms with Crippen LogP contribution in [0.4, 0.5) is 11.4 Å². The summed E-state index contributed by atoms with van der Waals surface area (Å²) in [4.78, 5) is 22.2. The predicted octanol–water partition coefficient (Wildman–Crippen LogP) is 4.10. The molecule has 2 atom stereocenters. The summed E-state index contributed by atoms with van der Waals surface area (Å²) in [5.74, 6) is 0.611. The van der Waals surface area contributed by atoms with Gasteiger partial charge in [0.2, 0.25) is 5.88 Å². The molecule has 1 saturated heterocycles. The van der Waals surface area contributed by atoms with Crippen LogP contribution in [0.3, 0.4) is 0 Å². The molecule has 0 aliphatic carbocycles. The smallest absolute Gasteiger partial charge is 0.350 e. The Morgan fingerprint density at radius 3 is 2.11 bits per heavy atom. The summed E-state index contributed by atoms with van der Waals surface area (Å²) >= 11 is 5.98. The fraction of sp³-hybridized carbons (Fsp3) is 0.321. The number of aromatic nitrogens is 4. The Bertz CT molecular complexity index is 1390. The van der Waals surface area contributed by atoms with E-state index in [4.69, 9.17) is 16.3 Å². The van der Waals surface area contributed by atoms with Crippen molar-refractivity contribution in [2.45, 2.75) is 25.5 Å². The number of rotatable bonds is 8. The average Bonchev–Trinajstić information content (AvgIpc) is 3.34. The van der Waals surface area contributed by atoms with E-state index >= 15 is 0 Å². The van der Waals surface area contributed by atoms with E-state index in [0.29, 0.717) is 22.9 Å². The van der Waals surface area contributed by atoms with E-state index in [1.807, 2.05) is 49.5 Å². The van der Waals surface area contributed by atoms with Gasteiger partial charge in [-0.3, -0.25) is 0 Å². The highest BCUT2D eigenvalue weighted by atomic mass is 35.5. The molecule has 9 nitrogen and oxygen atoms in total. The van der Waals surface area contributed by atoms with Crippen molar-refractivity contribution in [1.29, 1.82) is 0 Å². The lowest BCUT2D eigenvalue weighted by Gasteiger charge is -2.37. The van der Waals surface area contributed by atoms with Crippen LogP contribution in [0.25, 0.3) is 5.69 Å². The lowest BCUT2D eigenvalue weighted by molar-refractivity contribution is 0.101. The minimum absolute atomic E-state index is 0.292. The van der Waals surface area contributed by atoms with Gasteiger partial charge in [0, 0.05) is 43.0 Å². The largest absolute Gasteiger partial charge is 0.481 e. The van der Waals surface area contributed by atoms with Gasteiger partial charge in [0.1, 0.15) is 12.4 Å². The van der Waals surface area contributed by atoms with E-state index in [1.54, 1.807) is 31.4 Å². The Labute approximate surface area is 226 Å². The Morgan fingerprint density at radius 2 is 1.53 bits per heavy atom. The maximum absolute atomic E-state index is 13.3. The third-order valence-electron chi connectivity index (χ3n) is 7.07. The van der Waals surface area contributed by atoms with Crippen LogP contribution in [0.15, 0.2) is 78.0 Å². The van der Waals surface area contributed by atoms with Crippen molar-refractivity contribution < 1.29 is 9.84 Å². The van der Waals surface area contributed by atoms with E-state index in [9.17, 15) is 9.90 Å². The summed E-state index contributed by atoms with van der Waals surface area (Å²) in [5.41, 5.74) is 3.31. The summed E-state index contributed by atoms with van der Waals surface area (Å²) in [7, 11) is 1.61. The number of piperazine rings is 1. The summed E-state index contributed by atoms with van der Waals surface area (Å²) in [5, 5.41) is 15.9. The van der Waals surface area contributed by atoms with Crippen molar-refractivity contribution in [3.8, 4) is 11.6 Å².